The zero-order chi connectivity index (χ0) is 16.6. The van der Waals surface area contributed by atoms with E-state index in [0.717, 1.165) is 56.5 Å². The summed E-state index contributed by atoms with van der Waals surface area (Å²) in [5.74, 6) is 0.805. The number of amides is 2. The first kappa shape index (κ1) is 16.3. The molecular weight excluding hydrogens is 320 g/mol. The summed E-state index contributed by atoms with van der Waals surface area (Å²) >= 11 is 1.69. The lowest BCUT2D eigenvalue weighted by Gasteiger charge is -2.22. The zero-order valence-electron chi connectivity index (χ0n) is 14.6. The fraction of sp³-hybridized carbons (Fsp3) is 0.778. The van der Waals surface area contributed by atoms with Crippen LogP contribution in [0.1, 0.15) is 49.6 Å². The van der Waals surface area contributed by atoms with Gasteiger partial charge in [0.15, 0.2) is 5.13 Å². The van der Waals surface area contributed by atoms with E-state index in [0.29, 0.717) is 5.41 Å². The molecule has 1 aromatic rings. The maximum Gasteiger partial charge on any atom is 0.323 e. The Balaban J connectivity index is 1.37. The Labute approximate surface area is 148 Å². The lowest BCUT2D eigenvalue weighted by Crippen LogP contribution is -2.36. The second kappa shape index (κ2) is 6.64. The van der Waals surface area contributed by atoms with Gasteiger partial charge in [-0.1, -0.05) is 19.8 Å². The molecule has 6 heteroatoms. The number of rotatable bonds is 3. The van der Waals surface area contributed by atoms with Crippen LogP contribution < -0.4 is 10.6 Å². The molecule has 2 fully saturated rings. The van der Waals surface area contributed by atoms with Crippen molar-refractivity contribution in [1.82, 2.24) is 15.2 Å². The molecule has 5 nitrogen and oxygen atoms in total. The molecule has 0 saturated carbocycles. The molecule has 3 aliphatic rings. The van der Waals surface area contributed by atoms with Gasteiger partial charge < -0.3 is 10.2 Å². The van der Waals surface area contributed by atoms with Gasteiger partial charge in [-0.2, -0.15) is 0 Å². The highest BCUT2D eigenvalue weighted by molar-refractivity contribution is 7.15. The van der Waals surface area contributed by atoms with E-state index in [4.69, 9.17) is 4.98 Å². The number of urea groups is 1. The van der Waals surface area contributed by atoms with Gasteiger partial charge in [0.2, 0.25) is 0 Å². The highest BCUT2D eigenvalue weighted by Gasteiger charge is 2.42. The molecule has 4 rings (SSSR count). The molecule has 1 spiro atoms. The van der Waals surface area contributed by atoms with Crippen molar-refractivity contribution >= 4 is 22.5 Å². The molecule has 1 aromatic heterocycles. The van der Waals surface area contributed by atoms with Gasteiger partial charge in [0.25, 0.3) is 0 Å². The first-order valence-electron chi connectivity index (χ1n) is 9.43. The van der Waals surface area contributed by atoms with Gasteiger partial charge in [-0.05, 0) is 44.6 Å². The number of anilines is 1. The number of nitrogens with zero attached hydrogens (tertiary/aromatic N) is 2. The van der Waals surface area contributed by atoms with E-state index in [1.54, 1.807) is 11.3 Å². The van der Waals surface area contributed by atoms with Crippen LogP contribution in [0, 0.1) is 11.3 Å². The van der Waals surface area contributed by atoms with Crippen molar-refractivity contribution in [1.29, 1.82) is 0 Å². The average molecular weight is 349 g/mol. The van der Waals surface area contributed by atoms with Crippen molar-refractivity contribution in [3.8, 4) is 0 Å². The number of aryl methyl sites for hydroxylation is 1. The quantitative estimate of drug-likeness (QED) is 0.881. The minimum absolute atomic E-state index is 0.0370. The second-order valence-corrected chi connectivity index (χ2v) is 8.90. The van der Waals surface area contributed by atoms with Crippen LogP contribution in [0.2, 0.25) is 0 Å². The summed E-state index contributed by atoms with van der Waals surface area (Å²) in [6.07, 6.45) is 8.36. The number of hydrogen-bond donors (Lipinski definition) is 2. The number of carbonyl (C=O) groups is 1. The Morgan fingerprint density at radius 2 is 2.42 bits per heavy atom. The smallest absolute Gasteiger partial charge is 0.323 e. The van der Waals surface area contributed by atoms with Gasteiger partial charge >= 0.3 is 6.03 Å². The molecule has 1 aliphatic carbocycles. The van der Waals surface area contributed by atoms with E-state index in [9.17, 15) is 4.79 Å². The number of aromatic nitrogens is 1. The standard InChI is InChI=1S/C18H28N4OS/c1-2-3-13-4-5-14-15(10-13)24-16(20-14)21-17(23)22-9-7-18(12-22)6-8-19-11-18/h13,19H,2-12H2,1H3,(H,20,21,23). The average Bonchev–Trinajstić information content (AvgIpc) is 3.28. The maximum absolute atomic E-state index is 12.6. The number of carbonyl (C=O) groups excluding carboxylic acids is 1. The Hall–Kier alpha value is -1.14. The second-order valence-electron chi connectivity index (χ2n) is 7.81. The van der Waals surface area contributed by atoms with Crippen LogP contribution >= 0.6 is 11.3 Å². The Bertz CT molecular complexity index is 608. The summed E-state index contributed by atoms with van der Waals surface area (Å²) in [7, 11) is 0. The molecular formula is C18H28N4OS. The van der Waals surface area contributed by atoms with E-state index in [1.165, 1.54) is 36.3 Å². The molecule has 2 aliphatic heterocycles. The highest BCUT2D eigenvalue weighted by atomic mass is 32.1. The third kappa shape index (κ3) is 3.18. The van der Waals surface area contributed by atoms with Crippen LogP contribution in [0.25, 0.3) is 0 Å². The van der Waals surface area contributed by atoms with Crippen molar-refractivity contribution < 1.29 is 4.79 Å². The summed E-state index contributed by atoms with van der Waals surface area (Å²) in [4.78, 5) is 20.7. The normalized spacial score (nSPS) is 29.2. The van der Waals surface area contributed by atoms with E-state index in [1.807, 2.05) is 4.90 Å². The van der Waals surface area contributed by atoms with Crippen LogP contribution in [0.4, 0.5) is 9.93 Å². The summed E-state index contributed by atoms with van der Waals surface area (Å²) in [5.41, 5.74) is 1.55. The highest BCUT2D eigenvalue weighted by Crippen LogP contribution is 2.37. The first-order valence-corrected chi connectivity index (χ1v) is 10.2. The minimum atomic E-state index is 0.0370. The first-order chi connectivity index (χ1) is 11.7. The van der Waals surface area contributed by atoms with Crippen molar-refractivity contribution in [2.75, 3.05) is 31.5 Å². The predicted molar refractivity (Wildman–Crippen MR) is 97.7 cm³/mol. The van der Waals surface area contributed by atoms with E-state index in [-0.39, 0.29) is 6.03 Å². The number of likely N-dealkylation sites (tertiary alicyclic amines) is 1. The maximum atomic E-state index is 12.6. The summed E-state index contributed by atoms with van der Waals surface area (Å²) < 4.78 is 0. The van der Waals surface area contributed by atoms with Gasteiger partial charge in [-0.15, -0.1) is 11.3 Å². The summed E-state index contributed by atoms with van der Waals surface area (Å²) in [6, 6.07) is 0.0370. The molecule has 0 aromatic carbocycles. The monoisotopic (exact) mass is 348 g/mol. The number of hydrogen-bond acceptors (Lipinski definition) is 4. The summed E-state index contributed by atoms with van der Waals surface area (Å²) in [5, 5.41) is 7.31. The molecule has 2 saturated heterocycles. The zero-order valence-corrected chi connectivity index (χ0v) is 15.4. The van der Waals surface area contributed by atoms with Crippen molar-refractivity contribution in [3.63, 3.8) is 0 Å². The lowest BCUT2D eigenvalue weighted by molar-refractivity contribution is 0.215. The fourth-order valence-corrected chi connectivity index (χ4v) is 5.69. The minimum Gasteiger partial charge on any atom is -0.324 e. The molecule has 3 heterocycles. The van der Waals surface area contributed by atoms with Crippen LogP contribution in [-0.2, 0) is 12.8 Å². The largest absolute Gasteiger partial charge is 0.324 e. The SMILES string of the molecule is CCCC1CCc2nc(NC(=O)N3CCC4(CCNC4)C3)sc2C1. The number of fused-ring (bicyclic) bond motifs is 1. The third-order valence-electron chi connectivity index (χ3n) is 6.01. The number of thiazole rings is 1. The van der Waals surface area contributed by atoms with Crippen LogP contribution in [0.3, 0.4) is 0 Å². The Morgan fingerprint density at radius 3 is 3.21 bits per heavy atom. The predicted octanol–water partition coefficient (Wildman–Crippen LogP) is 3.27. The molecule has 0 radical (unpaired) electrons. The van der Waals surface area contributed by atoms with Gasteiger partial charge in [0.1, 0.15) is 0 Å². The van der Waals surface area contributed by atoms with Crippen molar-refractivity contribution in [2.24, 2.45) is 11.3 Å². The molecule has 2 unspecified atom stereocenters. The van der Waals surface area contributed by atoms with Gasteiger partial charge in [0, 0.05) is 29.9 Å². The van der Waals surface area contributed by atoms with Crippen LogP contribution in [0.15, 0.2) is 0 Å². The topological polar surface area (TPSA) is 57.3 Å². The summed E-state index contributed by atoms with van der Waals surface area (Å²) in [6.45, 7) is 6.16. The van der Waals surface area contributed by atoms with E-state index in [2.05, 4.69) is 17.6 Å². The third-order valence-corrected chi connectivity index (χ3v) is 7.05. The number of nitrogens with one attached hydrogen (secondary N) is 2. The molecule has 132 valence electrons. The Kier molecular flexibility index (Phi) is 4.52. The van der Waals surface area contributed by atoms with E-state index < -0.39 is 0 Å². The van der Waals surface area contributed by atoms with Gasteiger partial charge in [-0.25, -0.2) is 9.78 Å². The van der Waals surface area contributed by atoms with Crippen molar-refractivity contribution in [2.45, 2.75) is 51.9 Å². The van der Waals surface area contributed by atoms with Gasteiger partial charge in [-0.3, -0.25) is 5.32 Å². The van der Waals surface area contributed by atoms with Gasteiger partial charge in [0.05, 0.1) is 5.69 Å². The molecule has 24 heavy (non-hydrogen) atoms. The molecule has 2 atom stereocenters. The lowest BCUT2D eigenvalue weighted by atomic mass is 9.87. The molecule has 2 amide bonds. The Morgan fingerprint density at radius 1 is 1.50 bits per heavy atom. The fourth-order valence-electron chi connectivity index (χ4n) is 4.57. The molecule has 0 bridgehead atoms. The van der Waals surface area contributed by atoms with Crippen LogP contribution in [-0.4, -0.2) is 42.1 Å². The van der Waals surface area contributed by atoms with Crippen LogP contribution in [0.5, 0.6) is 0 Å². The molecule has 2 N–H and O–H groups in total. The van der Waals surface area contributed by atoms with E-state index >= 15 is 0 Å². The van der Waals surface area contributed by atoms with Crippen molar-refractivity contribution in [3.05, 3.63) is 10.6 Å².